The number of amides is 1. The van der Waals surface area contributed by atoms with Gasteiger partial charge >= 0.3 is 0 Å². The molecule has 0 spiro atoms. The summed E-state index contributed by atoms with van der Waals surface area (Å²) in [5, 5.41) is 16.1. The first kappa shape index (κ1) is 25.0. The molecule has 0 radical (unpaired) electrons. The fourth-order valence-electron chi connectivity index (χ4n) is 3.99. The quantitative estimate of drug-likeness (QED) is 0.348. The Morgan fingerprint density at radius 1 is 1.18 bits per heavy atom. The molecule has 1 amide bonds. The highest BCUT2D eigenvalue weighted by atomic mass is 16.5. The van der Waals surface area contributed by atoms with Crippen LogP contribution in [0.5, 0.6) is 5.88 Å². The fraction of sp³-hybridized carbons (Fsp3) is 0.286. The van der Waals surface area contributed by atoms with Gasteiger partial charge in [-0.15, -0.1) is 0 Å². The van der Waals surface area contributed by atoms with Crippen LogP contribution in [0.1, 0.15) is 46.1 Å². The molecule has 1 fully saturated rings. The van der Waals surface area contributed by atoms with Crippen molar-refractivity contribution >= 4 is 11.7 Å². The summed E-state index contributed by atoms with van der Waals surface area (Å²) < 4.78 is 10.8. The van der Waals surface area contributed by atoms with Gasteiger partial charge in [-0.25, -0.2) is 0 Å². The molecule has 0 aliphatic heterocycles. The molecular formula is C28H27N7O3. The number of nitrogens with zero attached hydrogens (tertiary/aromatic N) is 6. The molecule has 0 atom stereocenters. The highest BCUT2D eigenvalue weighted by Crippen LogP contribution is 2.45. The van der Waals surface area contributed by atoms with Gasteiger partial charge in [0, 0.05) is 30.8 Å². The minimum absolute atomic E-state index is 0.188. The maximum atomic E-state index is 12.9. The standard InChI is InChI=1S/C28H27N7O3/c1-17-31-26(34-38-17)19-6-9-22(23(14-19)18-4-5-18)24-10-7-21(16-30-24)27(36)32-25-11-8-20(15-29)28(33-25)37-13-12-35(2)3/h6-11,14,16,18H,4-5,12-13H2,1-3H3,(H,32,33,36). The molecule has 1 N–H and O–H groups in total. The van der Waals surface area contributed by atoms with Crippen LogP contribution in [0, 0.1) is 18.3 Å². The van der Waals surface area contributed by atoms with Crippen molar-refractivity contribution in [3.63, 3.8) is 0 Å². The van der Waals surface area contributed by atoms with E-state index in [2.05, 4.69) is 37.6 Å². The van der Waals surface area contributed by atoms with Gasteiger partial charge in [-0.2, -0.15) is 15.2 Å². The first-order valence-corrected chi connectivity index (χ1v) is 12.3. The number of nitriles is 1. The Morgan fingerprint density at radius 3 is 2.68 bits per heavy atom. The second-order valence-electron chi connectivity index (χ2n) is 9.41. The van der Waals surface area contributed by atoms with Crippen LogP contribution >= 0.6 is 0 Å². The Morgan fingerprint density at radius 2 is 2.03 bits per heavy atom. The number of anilines is 1. The van der Waals surface area contributed by atoms with Gasteiger partial charge in [-0.05, 0) is 68.8 Å². The first-order chi connectivity index (χ1) is 18.4. The third-order valence-corrected chi connectivity index (χ3v) is 6.16. The molecule has 38 heavy (non-hydrogen) atoms. The van der Waals surface area contributed by atoms with Gasteiger partial charge < -0.3 is 19.5 Å². The Balaban J connectivity index is 1.32. The summed E-state index contributed by atoms with van der Waals surface area (Å²) in [4.78, 5) is 28.1. The van der Waals surface area contributed by atoms with Crippen molar-refractivity contribution in [3.05, 3.63) is 71.2 Å². The number of nitrogens with one attached hydrogen (secondary N) is 1. The number of rotatable bonds is 9. The van der Waals surface area contributed by atoms with E-state index in [0.29, 0.717) is 47.7 Å². The summed E-state index contributed by atoms with van der Waals surface area (Å²) in [5.74, 6) is 1.69. The summed E-state index contributed by atoms with van der Waals surface area (Å²) in [5.41, 5.74) is 4.60. The fourth-order valence-corrected chi connectivity index (χ4v) is 3.99. The zero-order valence-corrected chi connectivity index (χ0v) is 21.4. The number of carbonyl (C=O) groups is 1. The van der Waals surface area contributed by atoms with Crippen molar-refractivity contribution in [1.82, 2.24) is 25.0 Å². The summed E-state index contributed by atoms with van der Waals surface area (Å²) in [6.07, 6.45) is 3.80. The summed E-state index contributed by atoms with van der Waals surface area (Å²) in [7, 11) is 3.85. The van der Waals surface area contributed by atoms with Gasteiger partial charge in [0.1, 0.15) is 24.1 Å². The van der Waals surface area contributed by atoms with Crippen molar-refractivity contribution in [3.8, 4) is 34.6 Å². The number of likely N-dealkylation sites (N-methyl/N-ethyl adjacent to an activating group) is 1. The number of aromatic nitrogens is 4. The van der Waals surface area contributed by atoms with E-state index in [0.717, 1.165) is 29.7 Å². The van der Waals surface area contributed by atoms with Gasteiger partial charge in [-0.3, -0.25) is 9.78 Å². The van der Waals surface area contributed by atoms with Crippen LogP contribution in [0.3, 0.4) is 0 Å². The van der Waals surface area contributed by atoms with Crippen LogP contribution < -0.4 is 10.1 Å². The van der Waals surface area contributed by atoms with Crippen LogP contribution in [0.2, 0.25) is 0 Å². The molecule has 1 aromatic carbocycles. The van der Waals surface area contributed by atoms with Crippen molar-refractivity contribution in [2.45, 2.75) is 25.7 Å². The molecule has 1 aliphatic carbocycles. The zero-order chi connectivity index (χ0) is 26.6. The van der Waals surface area contributed by atoms with E-state index in [1.807, 2.05) is 37.2 Å². The van der Waals surface area contributed by atoms with Crippen LogP contribution in [-0.4, -0.2) is 58.2 Å². The largest absolute Gasteiger partial charge is 0.475 e. The lowest BCUT2D eigenvalue weighted by Crippen LogP contribution is -2.20. The monoisotopic (exact) mass is 509 g/mol. The van der Waals surface area contributed by atoms with Gasteiger partial charge in [0.15, 0.2) is 0 Å². The normalized spacial score (nSPS) is 12.8. The topological polar surface area (TPSA) is 130 Å². The molecule has 0 saturated heterocycles. The van der Waals surface area contributed by atoms with E-state index >= 15 is 0 Å². The first-order valence-electron chi connectivity index (χ1n) is 12.3. The predicted molar refractivity (Wildman–Crippen MR) is 141 cm³/mol. The maximum Gasteiger partial charge on any atom is 0.258 e. The van der Waals surface area contributed by atoms with E-state index in [1.165, 1.54) is 5.56 Å². The SMILES string of the molecule is Cc1nc(-c2ccc(-c3ccc(C(=O)Nc4ccc(C#N)c(OCCN(C)C)n4)cn3)c(C3CC3)c2)no1. The van der Waals surface area contributed by atoms with Crippen LogP contribution in [-0.2, 0) is 0 Å². The average molecular weight is 510 g/mol. The minimum Gasteiger partial charge on any atom is -0.475 e. The van der Waals surface area contributed by atoms with E-state index in [-0.39, 0.29) is 11.8 Å². The van der Waals surface area contributed by atoms with Gasteiger partial charge in [0.2, 0.25) is 17.6 Å². The lowest BCUT2D eigenvalue weighted by atomic mass is 9.97. The Bertz CT molecular complexity index is 1500. The van der Waals surface area contributed by atoms with Crippen molar-refractivity contribution in [1.29, 1.82) is 5.26 Å². The molecule has 192 valence electrons. The number of ether oxygens (including phenoxy) is 1. The lowest BCUT2D eigenvalue weighted by Gasteiger charge is -2.12. The van der Waals surface area contributed by atoms with Gasteiger partial charge in [0.05, 0.1) is 11.3 Å². The highest BCUT2D eigenvalue weighted by molar-refractivity contribution is 6.03. The molecule has 10 nitrogen and oxygen atoms in total. The Labute approximate surface area is 220 Å². The summed E-state index contributed by atoms with van der Waals surface area (Å²) in [6, 6.07) is 14.9. The molecule has 3 heterocycles. The number of hydrogen-bond acceptors (Lipinski definition) is 9. The minimum atomic E-state index is -0.356. The van der Waals surface area contributed by atoms with E-state index in [1.54, 1.807) is 31.3 Å². The number of carbonyl (C=O) groups excluding carboxylic acids is 1. The summed E-state index contributed by atoms with van der Waals surface area (Å²) >= 11 is 0. The van der Waals surface area contributed by atoms with Crippen molar-refractivity contribution in [2.75, 3.05) is 32.6 Å². The van der Waals surface area contributed by atoms with Gasteiger partial charge in [-0.1, -0.05) is 17.3 Å². The smallest absolute Gasteiger partial charge is 0.258 e. The maximum absolute atomic E-state index is 12.9. The second-order valence-corrected chi connectivity index (χ2v) is 9.41. The van der Waals surface area contributed by atoms with E-state index in [9.17, 15) is 10.1 Å². The van der Waals surface area contributed by atoms with Crippen LogP contribution in [0.25, 0.3) is 22.6 Å². The third kappa shape index (κ3) is 5.68. The van der Waals surface area contributed by atoms with Gasteiger partial charge in [0.25, 0.3) is 5.91 Å². The predicted octanol–water partition coefficient (Wildman–Crippen LogP) is 4.44. The van der Waals surface area contributed by atoms with E-state index < -0.39 is 0 Å². The lowest BCUT2D eigenvalue weighted by molar-refractivity contribution is 0.102. The van der Waals surface area contributed by atoms with Crippen molar-refractivity contribution < 1.29 is 14.1 Å². The number of hydrogen-bond donors (Lipinski definition) is 1. The molecule has 0 bridgehead atoms. The molecule has 1 aliphatic rings. The molecule has 1 saturated carbocycles. The number of aryl methyl sites for hydroxylation is 1. The number of benzene rings is 1. The molecule has 3 aromatic heterocycles. The van der Waals surface area contributed by atoms with E-state index in [4.69, 9.17) is 9.26 Å². The zero-order valence-electron chi connectivity index (χ0n) is 21.4. The summed E-state index contributed by atoms with van der Waals surface area (Å²) in [6.45, 7) is 2.81. The van der Waals surface area contributed by atoms with Crippen molar-refractivity contribution in [2.24, 2.45) is 0 Å². The van der Waals surface area contributed by atoms with Crippen LogP contribution in [0.15, 0.2) is 53.2 Å². The average Bonchev–Trinajstić information content (AvgIpc) is 3.68. The molecule has 10 heteroatoms. The van der Waals surface area contributed by atoms with Crippen LogP contribution in [0.4, 0.5) is 5.82 Å². The number of pyridine rings is 2. The molecule has 5 rings (SSSR count). The highest BCUT2D eigenvalue weighted by Gasteiger charge is 2.27. The Kier molecular flexibility index (Phi) is 7.11. The molecular weight excluding hydrogens is 482 g/mol. The Hall–Kier alpha value is -4.62. The molecule has 4 aromatic rings. The molecule has 0 unspecified atom stereocenters. The third-order valence-electron chi connectivity index (χ3n) is 6.16. The second kappa shape index (κ2) is 10.8.